The molecule has 65 heavy (non-hydrogen) atoms. The first kappa shape index (κ1) is 62.3. The van der Waals surface area contributed by atoms with E-state index in [1.807, 2.05) is 12.2 Å². The van der Waals surface area contributed by atoms with E-state index in [2.05, 4.69) is 86.8 Å². The van der Waals surface area contributed by atoms with Crippen molar-refractivity contribution in [2.24, 2.45) is 0 Å². The second-order valence-corrected chi connectivity index (χ2v) is 18.6. The van der Waals surface area contributed by atoms with Crippen LogP contribution in [0.4, 0.5) is 0 Å². The number of amides is 1. The third-order valence-corrected chi connectivity index (χ3v) is 12.3. The van der Waals surface area contributed by atoms with Gasteiger partial charge in [-0.05, 0) is 57.4 Å². The van der Waals surface area contributed by atoms with Crippen LogP contribution in [0.2, 0.25) is 0 Å². The van der Waals surface area contributed by atoms with Crippen LogP contribution in [0.15, 0.2) is 72.9 Å². The standard InChI is InChI=1S/C59H105NO5/c1-4-7-10-13-16-19-22-24-26-28-30-32-34-37-40-43-46-49-52-59(64)65-55(50-47-44-41-38-36-33-31-29-27-25-23-20-17-14-11-8-5-2)53-58(63)60-56(54-61)57(62)51-48-45-42-39-35-21-18-15-12-9-6-3/h8,11,17,20,25,27,31,33,38,41,47,50,55-57,61-62H,4-7,9-10,12-16,18-19,21-24,26,28-30,32,34-37,39-40,42-46,48-49,51-54H2,1-3H3,(H,60,63)/b11-8-,20-17-,27-25-,33-31-,41-38-,50-47-. The summed E-state index contributed by atoms with van der Waals surface area (Å²) in [6.45, 7) is 6.34. The van der Waals surface area contributed by atoms with Gasteiger partial charge >= 0.3 is 5.97 Å². The van der Waals surface area contributed by atoms with Gasteiger partial charge < -0.3 is 20.3 Å². The molecule has 0 radical (unpaired) electrons. The Morgan fingerprint density at radius 3 is 1.17 bits per heavy atom. The van der Waals surface area contributed by atoms with Crippen molar-refractivity contribution in [2.45, 2.75) is 283 Å². The van der Waals surface area contributed by atoms with E-state index >= 15 is 0 Å². The Kier molecular flexibility index (Phi) is 50.1. The maximum atomic E-state index is 13.2. The third kappa shape index (κ3) is 47.6. The zero-order chi connectivity index (χ0) is 47.4. The van der Waals surface area contributed by atoms with E-state index in [1.165, 1.54) is 148 Å². The number of rotatable bonds is 49. The summed E-state index contributed by atoms with van der Waals surface area (Å²) in [4.78, 5) is 26.2. The van der Waals surface area contributed by atoms with Crippen molar-refractivity contribution in [3.63, 3.8) is 0 Å². The van der Waals surface area contributed by atoms with Crippen molar-refractivity contribution in [1.82, 2.24) is 5.32 Å². The molecule has 0 rings (SSSR count). The number of nitrogens with one attached hydrogen (secondary N) is 1. The normalized spacial score (nSPS) is 13.7. The highest BCUT2D eigenvalue weighted by Gasteiger charge is 2.23. The van der Waals surface area contributed by atoms with E-state index in [9.17, 15) is 19.8 Å². The summed E-state index contributed by atoms with van der Waals surface area (Å²) in [5.41, 5.74) is 0. The number of allylic oxidation sites excluding steroid dienone is 11. The summed E-state index contributed by atoms with van der Waals surface area (Å²) >= 11 is 0. The van der Waals surface area contributed by atoms with Gasteiger partial charge in [0.25, 0.3) is 0 Å². The number of aliphatic hydroxyl groups excluding tert-OH is 2. The minimum Gasteiger partial charge on any atom is -0.458 e. The predicted molar refractivity (Wildman–Crippen MR) is 282 cm³/mol. The number of unbranched alkanes of at least 4 members (excludes halogenated alkanes) is 27. The van der Waals surface area contributed by atoms with Gasteiger partial charge in [0.05, 0.1) is 25.2 Å². The lowest BCUT2D eigenvalue weighted by Crippen LogP contribution is -2.46. The maximum Gasteiger partial charge on any atom is 0.306 e. The lowest BCUT2D eigenvalue weighted by molar-refractivity contribution is -0.148. The second-order valence-electron chi connectivity index (χ2n) is 18.6. The highest BCUT2D eigenvalue weighted by molar-refractivity contribution is 5.78. The first-order valence-corrected chi connectivity index (χ1v) is 27.7. The topological polar surface area (TPSA) is 95.9 Å². The third-order valence-electron chi connectivity index (χ3n) is 12.3. The van der Waals surface area contributed by atoms with E-state index in [-0.39, 0.29) is 24.9 Å². The average molecular weight is 908 g/mol. The van der Waals surface area contributed by atoms with Gasteiger partial charge in [-0.25, -0.2) is 0 Å². The Hall–Kier alpha value is -2.70. The fourth-order valence-electron chi connectivity index (χ4n) is 8.13. The Bertz CT molecular complexity index is 1200. The zero-order valence-electron chi connectivity index (χ0n) is 42.9. The molecular formula is C59H105NO5. The van der Waals surface area contributed by atoms with Crippen LogP contribution in [0.25, 0.3) is 0 Å². The number of ether oxygens (including phenoxy) is 1. The van der Waals surface area contributed by atoms with Gasteiger partial charge in [-0.3, -0.25) is 9.59 Å². The molecule has 0 spiro atoms. The highest BCUT2D eigenvalue weighted by Crippen LogP contribution is 2.17. The van der Waals surface area contributed by atoms with Crippen molar-refractivity contribution in [3.05, 3.63) is 72.9 Å². The van der Waals surface area contributed by atoms with Crippen molar-refractivity contribution >= 4 is 11.9 Å². The van der Waals surface area contributed by atoms with Crippen LogP contribution in [-0.4, -0.2) is 46.9 Å². The van der Waals surface area contributed by atoms with Crippen LogP contribution in [0.5, 0.6) is 0 Å². The van der Waals surface area contributed by atoms with E-state index in [0.29, 0.717) is 19.3 Å². The van der Waals surface area contributed by atoms with Crippen LogP contribution in [0.3, 0.4) is 0 Å². The van der Waals surface area contributed by atoms with Gasteiger partial charge in [-0.2, -0.15) is 0 Å². The van der Waals surface area contributed by atoms with Gasteiger partial charge in [-0.15, -0.1) is 0 Å². The Morgan fingerprint density at radius 1 is 0.462 bits per heavy atom. The van der Waals surface area contributed by atoms with Crippen molar-refractivity contribution < 1.29 is 24.5 Å². The van der Waals surface area contributed by atoms with Gasteiger partial charge in [0, 0.05) is 6.42 Å². The molecule has 0 saturated heterocycles. The molecular weight excluding hydrogens is 803 g/mol. The molecule has 3 atom stereocenters. The molecule has 0 bridgehead atoms. The SMILES string of the molecule is CC/C=C\C/C=C\C/C=C\C/C=C\C/C=C\C/C=C\C(CC(=O)NC(CO)C(O)CCCCCCCCCCCCC)OC(=O)CCCCCCCCCCCCCCCCCCCC. The highest BCUT2D eigenvalue weighted by atomic mass is 16.5. The number of aliphatic hydroxyl groups is 2. The molecule has 6 heteroatoms. The van der Waals surface area contributed by atoms with Crippen LogP contribution in [-0.2, 0) is 14.3 Å². The largest absolute Gasteiger partial charge is 0.458 e. The average Bonchev–Trinajstić information content (AvgIpc) is 3.30. The smallest absolute Gasteiger partial charge is 0.306 e. The number of carbonyl (C=O) groups excluding carboxylic acids is 2. The van der Waals surface area contributed by atoms with Gasteiger partial charge in [0.2, 0.25) is 5.91 Å². The monoisotopic (exact) mass is 908 g/mol. The molecule has 0 saturated carbocycles. The first-order valence-electron chi connectivity index (χ1n) is 27.7. The molecule has 6 nitrogen and oxygen atoms in total. The number of hydrogen-bond donors (Lipinski definition) is 3. The molecule has 0 aromatic carbocycles. The zero-order valence-corrected chi connectivity index (χ0v) is 42.9. The van der Waals surface area contributed by atoms with E-state index in [1.54, 1.807) is 0 Å². The summed E-state index contributed by atoms with van der Waals surface area (Å²) in [7, 11) is 0. The van der Waals surface area contributed by atoms with Crippen molar-refractivity contribution in [3.8, 4) is 0 Å². The molecule has 0 aromatic heterocycles. The first-order chi connectivity index (χ1) is 32.0. The lowest BCUT2D eigenvalue weighted by Gasteiger charge is -2.23. The molecule has 0 fully saturated rings. The van der Waals surface area contributed by atoms with Crippen LogP contribution < -0.4 is 5.32 Å². The summed E-state index contributed by atoms with van der Waals surface area (Å²) < 4.78 is 5.84. The minimum absolute atomic E-state index is 0.0469. The minimum atomic E-state index is -0.820. The summed E-state index contributed by atoms with van der Waals surface area (Å²) in [5.74, 6) is -0.624. The summed E-state index contributed by atoms with van der Waals surface area (Å²) in [6, 6.07) is -0.744. The second kappa shape index (κ2) is 52.3. The van der Waals surface area contributed by atoms with E-state index in [4.69, 9.17) is 4.74 Å². The van der Waals surface area contributed by atoms with Gasteiger partial charge in [0.1, 0.15) is 6.10 Å². The van der Waals surface area contributed by atoms with Crippen molar-refractivity contribution in [1.29, 1.82) is 0 Å². The van der Waals surface area contributed by atoms with Crippen LogP contribution in [0, 0.1) is 0 Å². The lowest BCUT2D eigenvalue weighted by atomic mass is 10.0. The fraction of sp³-hybridized carbons (Fsp3) is 0.763. The maximum absolute atomic E-state index is 13.2. The molecule has 376 valence electrons. The van der Waals surface area contributed by atoms with Crippen LogP contribution >= 0.6 is 0 Å². The summed E-state index contributed by atoms with van der Waals surface area (Å²) in [6.07, 6.45) is 67.1. The Labute approximate surface area is 402 Å². The van der Waals surface area contributed by atoms with Crippen molar-refractivity contribution in [2.75, 3.05) is 6.61 Å². The molecule has 3 unspecified atom stereocenters. The quantitative estimate of drug-likeness (QED) is 0.0321. The van der Waals surface area contributed by atoms with Gasteiger partial charge in [0.15, 0.2) is 0 Å². The van der Waals surface area contributed by atoms with E-state index in [0.717, 1.165) is 70.6 Å². The molecule has 0 aliphatic heterocycles. The molecule has 1 amide bonds. The number of esters is 1. The molecule has 0 aromatic rings. The van der Waals surface area contributed by atoms with Crippen LogP contribution in [0.1, 0.15) is 265 Å². The molecule has 0 aliphatic rings. The van der Waals surface area contributed by atoms with E-state index < -0.39 is 18.2 Å². The molecule has 0 heterocycles. The fourth-order valence-corrected chi connectivity index (χ4v) is 8.13. The molecule has 0 aliphatic carbocycles. The number of carbonyl (C=O) groups is 2. The van der Waals surface area contributed by atoms with Gasteiger partial charge in [-0.1, -0.05) is 267 Å². The predicted octanol–water partition coefficient (Wildman–Crippen LogP) is 17.0. The molecule has 3 N–H and O–H groups in total. The number of hydrogen-bond acceptors (Lipinski definition) is 5. The Morgan fingerprint density at radius 2 is 0.800 bits per heavy atom. The Balaban J connectivity index is 4.70. The summed E-state index contributed by atoms with van der Waals surface area (Å²) in [5, 5.41) is 23.7.